The second-order valence-electron chi connectivity index (χ2n) is 4.16. The molecule has 0 aliphatic heterocycles. The second-order valence-corrected chi connectivity index (χ2v) is 4.49. The van der Waals surface area contributed by atoms with Gasteiger partial charge in [-0.15, -0.1) is 0 Å². The van der Waals surface area contributed by atoms with E-state index < -0.39 is 4.92 Å². The molecule has 0 unspecified atom stereocenters. The van der Waals surface area contributed by atoms with E-state index >= 15 is 0 Å². The molecular formula is C14H8ClN3O2. The van der Waals surface area contributed by atoms with Crippen molar-refractivity contribution in [2.75, 3.05) is 0 Å². The minimum atomic E-state index is -0.507. The summed E-state index contributed by atoms with van der Waals surface area (Å²) in [4.78, 5) is 18.3. The van der Waals surface area contributed by atoms with E-state index in [2.05, 4.69) is 9.97 Å². The molecule has 6 heteroatoms. The lowest BCUT2D eigenvalue weighted by molar-refractivity contribution is -0.384. The van der Waals surface area contributed by atoms with Crippen molar-refractivity contribution < 1.29 is 4.92 Å². The summed E-state index contributed by atoms with van der Waals surface area (Å²) >= 11 is 5.78. The Bertz CT molecular complexity index is 815. The second kappa shape index (κ2) is 4.86. The number of benzene rings is 2. The van der Waals surface area contributed by atoms with Crippen molar-refractivity contribution >= 4 is 28.1 Å². The monoisotopic (exact) mass is 285 g/mol. The fourth-order valence-electron chi connectivity index (χ4n) is 2.12. The van der Waals surface area contributed by atoms with Crippen LogP contribution in [0.4, 0.5) is 5.69 Å². The van der Waals surface area contributed by atoms with Gasteiger partial charge in [0.15, 0.2) is 5.69 Å². The quantitative estimate of drug-likeness (QED) is 0.407. The SMILES string of the molecule is O=[N+]([O-])c1cnc(Cl)nc1-c1cccc2ccccc12. The molecule has 1 heterocycles. The van der Waals surface area contributed by atoms with E-state index in [-0.39, 0.29) is 16.7 Å². The lowest BCUT2D eigenvalue weighted by Crippen LogP contribution is -1.97. The van der Waals surface area contributed by atoms with Crippen LogP contribution in [0.2, 0.25) is 5.28 Å². The molecule has 0 saturated carbocycles. The maximum atomic E-state index is 11.1. The van der Waals surface area contributed by atoms with Gasteiger partial charge in [-0.1, -0.05) is 42.5 Å². The average molecular weight is 286 g/mol. The molecule has 0 amide bonds. The predicted molar refractivity (Wildman–Crippen MR) is 76.6 cm³/mol. The zero-order valence-electron chi connectivity index (χ0n) is 10.2. The normalized spacial score (nSPS) is 10.7. The summed E-state index contributed by atoms with van der Waals surface area (Å²) in [6.45, 7) is 0. The zero-order chi connectivity index (χ0) is 14.1. The van der Waals surface area contributed by atoms with E-state index in [0.29, 0.717) is 5.56 Å². The molecule has 0 saturated heterocycles. The topological polar surface area (TPSA) is 68.9 Å². The molecule has 0 bridgehead atoms. The Labute approximate surface area is 119 Å². The van der Waals surface area contributed by atoms with Crippen molar-refractivity contribution in [3.8, 4) is 11.3 Å². The van der Waals surface area contributed by atoms with Crippen LogP contribution in [0, 0.1) is 10.1 Å². The minimum Gasteiger partial charge on any atom is -0.258 e. The molecule has 20 heavy (non-hydrogen) atoms. The van der Waals surface area contributed by atoms with Gasteiger partial charge in [0.25, 0.3) is 0 Å². The van der Waals surface area contributed by atoms with Gasteiger partial charge in [0.05, 0.1) is 4.92 Å². The molecule has 98 valence electrons. The van der Waals surface area contributed by atoms with Crippen LogP contribution in [-0.4, -0.2) is 14.9 Å². The van der Waals surface area contributed by atoms with E-state index in [9.17, 15) is 10.1 Å². The highest BCUT2D eigenvalue weighted by molar-refractivity contribution is 6.28. The summed E-state index contributed by atoms with van der Waals surface area (Å²) in [5.74, 6) is 0. The highest BCUT2D eigenvalue weighted by atomic mass is 35.5. The summed E-state index contributed by atoms with van der Waals surface area (Å²) in [6.07, 6.45) is 1.13. The van der Waals surface area contributed by atoms with Gasteiger partial charge in [-0.05, 0) is 22.4 Å². The summed E-state index contributed by atoms with van der Waals surface area (Å²) in [5.41, 5.74) is 0.733. The molecule has 1 aromatic heterocycles. The molecule has 0 aliphatic rings. The molecule has 3 rings (SSSR count). The first kappa shape index (κ1) is 12.5. The lowest BCUT2D eigenvalue weighted by Gasteiger charge is -2.06. The summed E-state index contributed by atoms with van der Waals surface area (Å²) in [5, 5.41) is 13.0. The number of nitro groups is 1. The maximum absolute atomic E-state index is 11.1. The Morgan fingerprint density at radius 3 is 2.65 bits per heavy atom. The van der Waals surface area contributed by atoms with E-state index in [1.54, 1.807) is 6.07 Å². The van der Waals surface area contributed by atoms with Gasteiger partial charge in [0, 0.05) is 5.56 Å². The van der Waals surface area contributed by atoms with Gasteiger partial charge in [0.1, 0.15) is 6.20 Å². The van der Waals surface area contributed by atoms with Crippen LogP contribution in [-0.2, 0) is 0 Å². The van der Waals surface area contributed by atoms with Crippen LogP contribution in [0.5, 0.6) is 0 Å². The standard InChI is InChI=1S/C14H8ClN3O2/c15-14-16-8-12(18(19)20)13(17-14)11-7-3-5-9-4-1-2-6-10(9)11/h1-8H. The molecule has 5 nitrogen and oxygen atoms in total. The molecule has 2 aromatic carbocycles. The molecular weight excluding hydrogens is 278 g/mol. The van der Waals surface area contributed by atoms with Crippen molar-refractivity contribution in [3.05, 3.63) is 64.1 Å². The van der Waals surface area contributed by atoms with Crippen LogP contribution in [0.25, 0.3) is 22.0 Å². The first-order valence-corrected chi connectivity index (χ1v) is 6.19. The third-order valence-corrected chi connectivity index (χ3v) is 3.16. The van der Waals surface area contributed by atoms with Gasteiger partial charge in [-0.3, -0.25) is 10.1 Å². The van der Waals surface area contributed by atoms with E-state index in [1.807, 2.05) is 36.4 Å². The smallest absolute Gasteiger partial charge is 0.258 e. The Hall–Kier alpha value is -2.53. The van der Waals surface area contributed by atoms with Gasteiger partial charge >= 0.3 is 5.69 Å². The fraction of sp³-hybridized carbons (Fsp3) is 0. The number of fused-ring (bicyclic) bond motifs is 1. The number of hydrogen-bond acceptors (Lipinski definition) is 4. The molecule has 0 radical (unpaired) electrons. The molecule has 3 aromatic rings. The Morgan fingerprint density at radius 1 is 1.10 bits per heavy atom. The maximum Gasteiger partial charge on any atom is 0.313 e. The van der Waals surface area contributed by atoms with E-state index in [4.69, 9.17) is 11.6 Å². The van der Waals surface area contributed by atoms with Crippen molar-refractivity contribution in [2.24, 2.45) is 0 Å². The molecule has 0 aliphatic carbocycles. The highest BCUT2D eigenvalue weighted by Crippen LogP contribution is 2.33. The van der Waals surface area contributed by atoms with Gasteiger partial charge < -0.3 is 0 Å². The number of rotatable bonds is 2. The molecule has 0 atom stereocenters. The van der Waals surface area contributed by atoms with Gasteiger partial charge in [0.2, 0.25) is 5.28 Å². The van der Waals surface area contributed by atoms with E-state index in [0.717, 1.165) is 17.0 Å². The number of nitrogens with zero attached hydrogens (tertiary/aromatic N) is 3. The third-order valence-electron chi connectivity index (χ3n) is 2.98. The summed E-state index contributed by atoms with van der Waals surface area (Å²) in [7, 11) is 0. The Kier molecular flexibility index (Phi) is 3.04. The number of hydrogen-bond donors (Lipinski definition) is 0. The first-order chi connectivity index (χ1) is 9.66. The molecule has 0 fully saturated rings. The van der Waals surface area contributed by atoms with Crippen molar-refractivity contribution in [1.82, 2.24) is 9.97 Å². The zero-order valence-corrected chi connectivity index (χ0v) is 10.9. The average Bonchev–Trinajstić information content (AvgIpc) is 2.46. The number of aromatic nitrogens is 2. The summed E-state index contributed by atoms with van der Waals surface area (Å²) in [6, 6.07) is 13.2. The van der Waals surface area contributed by atoms with Crippen LogP contribution in [0.3, 0.4) is 0 Å². The molecule has 0 N–H and O–H groups in total. The van der Waals surface area contributed by atoms with Crippen molar-refractivity contribution in [1.29, 1.82) is 0 Å². The summed E-state index contributed by atoms with van der Waals surface area (Å²) < 4.78 is 0. The van der Waals surface area contributed by atoms with Gasteiger partial charge in [-0.2, -0.15) is 0 Å². The third kappa shape index (κ3) is 2.08. The molecule has 0 spiro atoms. The van der Waals surface area contributed by atoms with Crippen molar-refractivity contribution in [2.45, 2.75) is 0 Å². The largest absolute Gasteiger partial charge is 0.313 e. The van der Waals surface area contributed by atoms with Crippen LogP contribution in [0.15, 0.2) is 48.7 Å². The Morgan fingerprint density at radius 2 is 1.85 bits per heavy atom. The number of halogens is 1. The van der Waals surface area contributed by atoms with Crippen LogP contribution >= 0.6 is 11.6 Å². The van der Waals surface area contributed by atoms with Crippen LogP contribution in [0.1, 0.15) is 0 Å². The minimum absolute atomic E-state index is 0.0152. The lowest BCUT2D eigenvalue weighted by atomic mass is 10.0. The van der Waals surface area contributed by atoms with E-state index in [1.165, 1.54) is 0 Å². The predicted octanol–water partition coefficient (Wildman–Crippen LogP) is 3.86. The van der Waals surface area contributed by atoms with Crippen molar-refractivity contribution in [3.63, 3.8) is 0 Å². The van der Waals surface area contributed by atoms with Crippen LogP contribution < -0.4 is 0 Å². The first-order valence-electron chi connectivity index (χ1n) is 5.82. The Balaban J connectivity index is 2.36. The highest BCUT2D eigenvalue weighted by Gasteiger charge is 2.19. The fourth-order valence-corrected chi connectivity index (χ4v) is 2.25. The van der Waals surface area contributed by atoms with Gasteiger partial charge in [-0.25, -0.2) is 9.97 Å².